The van der Waals surface area contributed by atoms with Crippen LogP contribution in [0.15, 0.2) is 22.7 Å². The third-order valence-electron chi connectivity index (χ3n) is 2.17. The molecule has 1 heterocycles. The van der Waals surface area contributed by atoms with E-state index in [-0.39, 0.29) is 12.5 Å². The maximum atomic E-state index is 11.6. The molecule has 0 saturated heterocycles. The number of carbonyl (C=O) groups excluding carboxylic acids is 1. The van der Waals surface area contributed by atoms with Crippen LogP contribution >= 0.6 is 27.5 Å². The maximum Gasteiger partial charge on any atom is 0.265 e. The number of nitrogens with zero attached hydrogens (tertiary/aromatic N) is 1. The molecule has 15 heavy (non-hydrogen) atoms. The van der Waals surface area contributed by atoms with Gasteiger partial charge in [0.05, 0.1) is 5.69 Å². The summed E-state index contributed by atoms with van der Waals surface area (Å²) in [5.41, 5.74) is 0.779. The number of hydrogen-bond acceptors (Lipinski definition) is 2. The SMILES string of the molecule is O=C1COc2ccc(Br)cc2N1CCCl. The fraction of sp³-hybridized carbons (Fsp3) is 0.300. The predicted octanol–water partition coefficient (Wildman–Crippen LogP) is 2.41. The van der Waals surface area contributed by atoms with Crippen LogP contribution in [0.1, 0.15) is 0 Å². The van der Waals surface area contributed by atoms with Gasteiger partial charge in [0.2, 0.25) is 0 Å². The number of halogens is 2. The van der Waals surface area contributed by atoms with Gasteiger partial charge >= 0.3 is 0 Å². The number of benzene rings is 1. The van der Waals surface area contributed by atoms with Gasteiger partial charge in [0.25, 0.3) is 5.91 Å². The second-order valence-electron chi connectivity index (χ2n) is 3.14. The van der Waals surface area contributed by atoms with Crippen molar-refractivity contribution in [3.8, 4) is 5.75 Å². The minimum atomic E-state index is -0.0544. The van der Waals surface area contributed by atoms with Crippen molar-refractivity contribution in [3.05, 3.63) is 22.7 Å². The van der Waals surface area contributed by atoms with Crippen molar-refractivity contribution in [2.45, 2.75) is 0 Å². The molecule has 0 radical (unpaired) electrons. The lowest BCUT2D eigenvalue weighted by Gasteiger charge is -2.28. The number of amides is 1. The van der Waals surface area contributed by atoms with Crippen molar-refractivity contribution in [2.24, 2.45) is 0 Å². The third kappa shape index (κ3) is 2.11. The number of hydrogen-bond donors (Lipinski definition) is 0. The monoisotopic (exact) mass is 289 g/mol. The molecule has 1 aliphatic heterocycles. The summed E-state index contributed by atoms with van der Waals surface area (Å²) < 4.78 is 6.23. The Bertz CT molecular complexity index is 397. The summed E-state index contributed by atoms with van der Waals surface area (Å²) in [6.07, 6.45) is 0. The van der Waals surface area contributed by atoms with Crippen LogP contribution < -0.4 is 9.64 Å². The molecule has 80 valence electrons. The minimum Gasteiger partial charge on any atom is -0.482 e. The Morgan fingerprint density at radius 2 is 2.33 bits per heavy atom. The summed E-state index contributed by atoms with van der Waals surface area (Å²) in [5.74, 6) is 1.08. The Balaban J connectivity index is 2.41. The standard InChI is InChI=1S/C10H9BrClNO2/c11-7-1-2-9-8(5-7)13(4-3-12)10(14)6-15-9/h1-2,5H,3-4,6H2. The highest BCUT2D eigenvalue weighted by Crippen LogP contribution is 2.34. The molecule has 1 amide bonds. The molecule has 0 aliphatic carbocycles. The van der Waals surface area contributed by atoms with Crippen LogP contribution in [-0.2, 0) is 4.79 Å². The average molecular weight is 291 g/mol. The molecule has 2 rings (SSSR count). The topological polar surface area (TPSA) is 29.5 Å². The molecule has 0 bridgehead atoms. The van der Waals surface area contributed by atoms with Crippen LogP contribution in [0.3, 0.4) is 0 Å². The summed E-state index contributed by atoms with van der Waals surface area (Å²) in [5, 5.41) is 0. The third-order valence-corrected chi connectivity index (χ3v) is 2.83. The molecule has 3 nitrogen and oxygen atoms in total. The number of fused-ring (bicyclic) bond motifs is 1. The molecule has 0 N–H and O–H groups in total. The molecule has 0 atom stereocenters. The number of carbonyl (C=O) groups is 1. The van der Waals surface area contributed by atoms with Crippen LogP contribution in [0, 0.1) is 0 Å². The second-order valence-corrected chi connectivity index (χ2v) is 4.43. The zero-order valence-electron chi connectivity index (χ0n) is 7.87. The van der Waals surface area contributed by atoms with Gasteiger partial charge in [-0.25, -0.2) is 0 Å². The zero-order chi connectivity index (χ0) is 10.8. The predicted molar refractivity (Wildman–Crippen MR) is 62.7 cm³/mol. The highest BCUT2D eigenvalue weighted by molar-refractivity contribution is 9.10. The van der Waals surface area contributed by atoms with Crippen molar-refractivity contribution in [1.29, 1.82) is 0 Å². The first-order valence-corrected chi connectivity index (χ1v) is 5.84. The van der Waals surface area contributed by atoms with Crippen LogP contribution in [0.25, 0.3) is 0 Å². The molecule has 0 unspecified atom stereocenters. The molecule has 0 saturated carbocycles. The number of rotatable bonds is 2. The van der Waals surface area contributed by atoms with Crippen LogP contribution in [-0.4, -0.2) is 24.9 Å². The summed E-state index contributed by atoms with van der Waals surface area (Å²) in [7, 11) is 0. The Morgan fingerprint density at radius 1 is 1.53 bits per heavy atom. The van der Waals surface area contributed by atoms with Gasteiger partial charge < -0.3 is 9.64 Å². The molecule has 0 spiro atoms. The quantitative estimate of drug-likeness (QED) is 0.783. The largest absolute Gasteiger partial charge is 0.482 e. The average Bonchev–Trinajstić information content (AvgIpc) is 2.23. The van der Waals surface area contributed by atoms with Crippen molar-refractivity contribution < 1.29 is 9.53 Å². The van der Waals surface area contributed by atoms with Crippen molar-refractivity contribution >= 4 is 39.1 Å². The Hall–Kier alpha value is -0.740. The van der Waals surface area contributed by atoms with Gasteiger partial charge in [-0.2, -0.15) is 0 Å². The summed E-state index contributed by atoms with van der Waals surface area (Å²) in [6, 6.07) is 5.58. The minimum absolute atomic E-state index is 0.0544. The number of alkyl halides is 1. The maximum absolute atomic E-state index is 11.6. The number of anilines is 1. The molecule has 0 aromatic heterocycles. The first-order chi connectivity index (χ1) is 7.22. The summed E-state index contributed by atoms with van der Waals surface area (Å²) in [6.45, 7) is 0.596. The van der Waals surface area contributed by atoms with E-state index in [4.69, 9.17) is 16.3 Å². The van der Waals surface area contributed by atoms with E-state index in [9.17, 15) is 4.79 Å². The number of ether oxygens (including phenoxy) is 1. The summed E-state index contributed by atoms with van der Waals surface area (Å²) in [4.78, 5) is 13.2. The first kappa shape index (κ1) is 10.8. The Morgan fingerprint density at radius 3 is 3.07 bits per heavy atom. The highest BCUT2D eigenvalue weighted by atomic mass is 79.9. The molecule has 0 fully saturated rings. The zero-order valence-corrected chi connectivity index (χ0v) is 10.2. The van der Waals surface area contributed by atoms with E-state index in [0.29, 0.717) is 12.4 Å². The molecule has 5 heteroatoms. The van der Waals surface area contributed by atoms with Crippen molar-refractivity contribution in [2.75, 3.05) is 23.9 Å². The second kappa shape index (κ2) is 4.41. The first-order valence-electron chi connectivity index (χ1n) is 4.51. The van der Waals surface area contributed by atoms with E-state index >= 15 is 0 Å². The van der Waals surface area contributed by atoms with E-state index in [0.717, 1.165) is 15.9 Å². The van der Waals surface area contributed by atoms with E-state index in [1.165, 1.54) is 0 Å². The Kier molecular flexibility index (Phi) is 3.17. The lowest BCUT2D eigenvalue weighted by atomic mass is 10.2. The highest BCUT2D eigenvalue weighted by Gasteiger charge is 2.24. The normalized spacial score (nSPS) is 14.8. The fourth-order valence-electron chi connectivity index (χ4n) is 1.50. The van der Waals surface area contributed by atoms with Gasteiger partial charge in [0.1, 0.15) is 5.75 Å². The Labute approximate surface area is 101 Å². The van der Waals surface area contributed by atoms with E-state index in [1.54, 1.807) is 4.90 Å². The fourth-order valence-corrected chi connectivity index (χ4v) is 2.02. The van der Waals surface area contributed by atoms with Gasteiger partial charge in [0, 0.05) is 16.9 Å². The smallest absolute Gasteiger partial charge is 0.265 e. The molecular formula is C10H9BrClNO2. The lowest BCUT2D eigenvalue weighted by Crippen LogP contribution is -2.39. The van der Waals surface area contributed by atoms with Crippen molar-refractivity contribution in [3.63, 3.8) is 0 Å². The van der Waals surface area contributed by atoms with Crippen LogP contribution in [0.4, 0.5) is 5.69 Å². The van der Waals surface area contributed by atoms with Gasteiger partial charge in [0.15, 0.2) is 6.61 Å². The van der Waals surface area contributed by atoms with Gasteiger partial charge in [-0.3, -0.25) is 4.79 Å². The van der Waals surface area contributed by atoms with E-state index in [1.807, 2.05) is 18.2 Å². The van der Waals surface area contributed by atoms with Crippen LogP contribution in [0.2, 0.25) is 0 Å². The van der Waals surface area contributed by atoms with Crippen molar-refractivity contribution in [1.82, 2.24) is 0 Å². The molecule has 1 aromatic rings. The van der Waals surface area contributed by atoms with Gasteiger partial charge in [-0.15, -0.1) is 11.6 Å². The van der Waals surface area contributed by atoms with Gasteiger partial charge in [-0.05, 0) is 18.2 Å². The molecular weight excluding hydrogens is 281 g/mol. The molecule has 1 aliphatic rings. The van der Waals surface area contributed by atoms with E-state index in [2.05, 4.69) is 15.9 Å². The van der Waals surface area contributed by atoms with Gasteiger partial charge in [-0.1, -0.05) is 15.9 Å². The molecule has 1 aromatic carbocycles. The summed E-state index contributed by atoms with van der Waals surface area (Å²) >= 11 is 9.02. The lowest BCUT2D eigenvalue weighted by molar-refractivity contribution is -0.121. The van der Waals surface area contributed by atoms with E-state index < -0.39 is 0 Å². The van der Waals surface area contributed by atoms with Crippen LogP contribution in [0.5, 0.6) is 5.75 Å².